The predicted molar refractivity (Wildman–Crippen MR) is 107 cm³/mol. The van der Waals surface area contributed by atoms with E-state index in [0.29, 0.717) is 13.2 Å². The monoisotopic (exact) mass is 362 g/mol. The van der Waals surface area contributed by atoms with Crippen LogP contribution in [0.15, 0.2) is 29.3 Å². The minimum Gasteiger partial charge on any atom is -0.497 e. The second kappa shape index (κ2) is 11.6. The minimum atomic E-state index is 0.569. The van der Waals surface area contributed by atoms with Crippen LogP contribution in [0.25, 0.3) is 0 Å². The van der Waals surface area contributed by atoms with Gasteiger partial charge in [0.1, 0.15) is 18.1 Å². The maximum atomic E-state index is 5.73. The Morgan fingerprint density at radius 3 is 2.81 bits per heavy atom. The molecule has 2 N–H and O–H groups in total. The van der Waals surface area contributed by atoms with Crippen LogP contribution in [-0.4, -0.2) is 63.8 Å². The summed E-state index contributed by atoms with van der Waals surface area (Å²) in [7, 11) is 3.45. The Balaban J connectivity index is 1.57. The van der Waals surface area contributed by atoms with Gasteiger partial charge in [-0.15, -0.1) is 0 Å². The highest BCUT2D eigenvalue weighted by Gasteiger charge is 2.17. The van der Waals surface area contributed by atoms with Gasteiger partial charge in [0.05, 0.1) is 13.7 Å². The van der Waals surface area contributed by atoms with Crippen LogP contribution in [0.2, 0.25) is 0 Å². The average Bonchev–Trinajstić information content (AvgIpc) is 2.68. The summed E-state index contributed by atoms with van der Waals surface area (Å²) in [4.78, 5) is 6.87. The number of guanidine groups is 1. The molecule has 1 aliphatic heterocycles. The van der Waals surface area contributed by atoms with Gasteiger partial charge in [-0.3, -0.25) is 4.99 Å². The van der Waals surface area contributed by atoms with Crippen molar-refractivity contribution in [1.29, 1.82) is 0 Å². The first-order chi connectivity index (χ1) is 12.7. The first kappa shape index (κ1) is 20.4. The molecule has 1 aromatic rings. The highest BCUT2D eigenvalue weighted by atomic mass is 16.5. The van der Waals surface area contributed by atoms with Crippen LogP contribution in [0.1, 0.15) is 32.6 Å². The van der Waals surface area contributed by atoms with Gasteiger partial charge in [0.15, 0.2) is 5.96 Å². The number of ether oxygens (including phenoxy) is 2. The van der Waals surface area contributed by atoms with Crippen molar-refractivity contribution < 1.29 is 9.47 Å². The summed E-state index contributed by atoms with van der Waals surface area (Å²) >= 11 is 0. The Morgan fingerprint density at radius 2 is 2.04 bits per heavy atom. The summed E-state index contributed by atoms with van der Waals surface area (Å²) in [5.41, 5.74) is 0. The first-order valence-corrected chi connectivity index (χ1v) is 9.68. The van der Waals surface area contributed by atoms with Crippen LogP contribution in [0, 0.1) is 0 Å². The highest BCUT2D eigenvalue weighted by molar-refractivity contribution is 5.79. The molecule has 0 aliphatic carbocycles. The Hall–Kier alpha value is -1.95. The molecule has 1 heterocycles. The van der Waals surface area contributed by atoms with Gasteiger partial charge in [0, 0.05) is 32.2 Å². The van der Waals surface area contributed by atoms with Crippen LogP contribution >= 0.6 is 0 Å². The quantitative estimate of drug-likeness (QED) is 0.402. The van der Waals surface area contributed by atoms with E-state index in [1.807, 2.05) is 24.3 Å². The Morgan fingerprint density at radius 1 is 1.23 bits per heavy atom. The third-order valence-corrected chi connectivity index (χ3v) is 4.78. The highest BCUT2D eigenvalue weighted by Crippen LogP contribution is 2.18. The summed E-state index contributed by atoms with van der Waals surface area (Å²) in [6.07, 6.45) is 5.19. The van der Waals surface area contributed by atoms with Crippen molar-refractivity contribution in [3.63, 3.8) is 0 Å². The van der Waals surface area contributed by atoms with Crippen molar-refractivity contribution in [3.05, 3.63) is 24.3 Å². The number of aliphatic imine (C=N–C) groups is 1. The summed E-state index contributed by atoms with van der Waals surface area (Å²) in [5.74, 6) is 2.44. The topological polar surface area (TPSA) is 58.1 Å². The van der Waals surface area contributed by atoms with Gasteiger partial charge in [-0.2, -0.15) is 0 Å². The first-order valence-electron chi connectivity index (χ1n) is 9.68. The lowest BCUT2D eigenvalue weighted by molar-refractivity contribution is 0.159. The number of piperidine rings is 1. The maximum absolute atomic E-state index is 5.73. The van der Waals surface area contributed by atoms with E-state index >= 15 is 0 Å². The predicted octanol–water partition coefficient (Wildman–Crippen LogP) is 2.50. The molecule has 1 fully saturated rings. The lowest BCUT2D eigenvalue weighted by Gasteiger charge is -2.33. The molecule has 0 spiro atoms. The zero-order valence-electron chi connectivity index (χ0n) is 16.5. The molecule has 2 rings (SSSR count). The molecule has 1 aromatic carbocycles. The number of methoxy groups -OCH3 is 1. The Kier molecular flexibility index (Phi) is 9.10. The Labute approximate surface area is 158 Å². The summed E-state index contributed by atoms with van der Waals surface area (Å²) in [5, 5.41) is 6.66. The van der Waals surface area contributed by atoms with E-state index < -0.39 is 0 Å². The average molecular weight is 363 g/mol. The Bertz CT molecular complexity index is 550. The lowest BCUT2D eigenvalue weighted by atomic mass is 10.0. The number of nitrogens with zero attached hydrogens (tertiary/aromatic N) is 2. The van der Waals surface area contributed by atoms with E-state index in [1.165, 1.54) is 25.8 Å². The van der Waals surface area contributed by atoms with E-state index in [2.05, 4.69) is 27.4 Å². The van der Waals surface area contributed by atoms with Crippen molar-refractivity contribution in [2.24, 2.45) is 4.99 Å². The number of nitrogens with one attached hydrogen (secondary N) is 2. The summed E-state index contributed by atoms with van der Waals surface area (Å²) in [6, 6.07) is 8.37. The third kappa shape index (κ3) is 7.12. The van der Waals surface area contributed by atoms with Gasteiger partial charge in [0.2, 0.25) is 0 Å². The van der Waals surface area contributed by atoms with Crippen LogP contribution in [0.3, 0.4) is 0 Å². The van der Waals surface area contributed by atoms with Crippen LogP contribution in [0.5, 0.6) is 11.5 Å². The van der Waals surface area contributed by atoms with Gasteiger partial charge in [-0.05, 0) is 44.9 Å². The molecule has 6 heteroatoms. The molecule has 1 unspecified atom stereocenters. The third-order valence-electron chi connectivity index (χ3n) is 4.78. The molecule has 146 valence electrons. The summed E-state index contributed by atoms with van der Waals surface area (Å²) < 4.78 is 10.9. The van der Waals surface area contributed by atoms with Gasteiger partial charge in [0.25, 0.3) is 0 Å². The number of rotatable bonds is 9. The second-order valence-corrected chi connectivity index (χ2v) is 6.69. The fourth-order valence-electron chi connectivity index (χ4n) is 3.23. The number of hydrogen-bond acceptors (Lipinski definition) is 4. The molecule has 0 bridgehead atoms. The van der Waals surface area contributed by atoms with Crippen molar-refractivity contribution in [1.82, 2.24) is 15.5 Å². The SMILES string of the molecule is CN=C(NCCCN1CCCCC1C)NCCOc1cccc(OC)c1. The van der Waals surface area contributed by atoms with E-state index in [9.17, 15) is 0 Å². The molecule has 26 heavy (non-hydrogen) atoms. The molecule has 1 aliphatic rings. The molecule has 0 amide bonds. The van der Waals surface area contributed by atoms with E-state index in [-0.39, 0.29) is 0 Å². The molecular weight excluding hydrogens is 328 g/mol. The molecule has 1 saturated heterocycles. The smallest absolute Gasteiger partial charge is 0.191 e. The maximum Gasteiger partial charge on any atom is 0.191 e. The molecular formula is C20H34N4O2. The van der Waals surface area contributed by atoms with E-state index in [4.69, 9.17) is 9.47 Å². The van der Waals surface area contributed by atoms with Gasteiger partial charge in [-0.25, -0.2) is 0 Å². The van der Waals surface area contributed by atoms with E-state index in [1.54, 1.807) is 14.2 Å². The van der Waals surface area contributed by atoms with Crippen molar-refractivity contribution >= 4 is 5.96 Å². The van der Waals surface area contributed by atoms with Crippen molar-refractivity contribution in [2.45, 2.75) is 38.6 Å². The minimum absolute atomic E-state index is 0.569. The number of benzene rings is 1. The molecule has 1 atom stereocenters. The molecule has 6 nitrogen and oxygen atoms in total. The zero-order chi connectivity index (χ0) is 18.6. The van der Waals surface area contributed by atoms with Crippen LogP contribution in [-0.2, 0) is 0 Å². The normalized spacial score (nSPS) is 18.4. The molecule has 0 saturated carbocycles. The van der Waals surface area contributed by atoms with Gasteiger partial charge < -0.3 is 25.0 Å². The number of likely N-dealkylation sites (tertiary alicyclic amines) is 1. The zero-order valence-corrected chi connectivity index (χ0v) is 16.5. The fraction of sp³-hybridized carbons (Fsp3) is 0.650. The lowest BCUT2D eigenvalue weighted by Crippen LogP contribution is -2.42. The largest absolute Gasteiger partial charge is 0.497 e. The number of hydrogen-bond donors (Lipinski definition) is 2. The van der Waals surface area contributed by atoms with Crippen LogP contribution in [0.4, 0.5) is 0 Å². The second-order valence-electron chi connectivity index (χ2n) is 6.69. The van der Waals surface area contributed by atoms with Crippen molar-refractivity contribution in [2.75, 3.05) is 46.9 Å². The molecule has 0 radical (unpaired) electrons. The summed E-state index contributed by atoms with van der Waals surface area (Å²) in [6.45, 7) is 6.94. The van der Waals surface area contributed by atoms with E-state index in [0.717, 1.165) is 43.0 Å². The molecule has 0 aromatic heterocycles. The van der Waals surface area contributed by atoms with Gasteiger partial charge >= 0.3 is 0 Å². The van der Waals surface area contributed by atoms with Crippen LogP contribution < -0.4 is 20.1 Å². The van der Waals surface area contributed by atoms with Crippen molar-refractivity contribution in [3.8, 4) is 11.5 Å². The van der Waals surface area contributed by atoms with Gasteiger partial charge in [-0.1, -0.05) is 12.5 Å². The fourth-order valence-corrected chi connectivity index (χ4v) is 3.23. The standard InChI is InChI=1S/C20H34N4O2/c1-17-8-4-5-13-24(17)14-7-11-22-20(21-2)23-12-15-26-19-10-6-9-18(16-19)25-3/h6,9-10,16-17H,4-5,7-8,11-15H2,1-3H3,(H2,21,22,23).